The van der Waals surface area contributed by atoms with Crippen molar-refractivity contribution in [3.05, 3.63) is 53.9 Å². The summed E-state index contributed by atoms with van der Waals surface area (Å²) in [6.45, 7) is 2.57. The molecule has 0 aliphatic heterocycles. The van der Waals surface area contributed by atoms with Crippen LogP contribution in [-0.4, -0.2) is 22.2 Å². The van der Waals surface area contributed by atoms with Crippen LogP contribution in [0.4, 0.5) is 0 Å². The normalized spacial score (nSPS) is 10.8. The van der Waals surface area contributed by atoms with Crippen LogP contribution in [0.15, 0.2) is 42.7 Å². The van der Waals surface area contributed by atoms with Gasteiger partial charge in [0.05, 0.1) is 18.4 Å². The van der Waals surface area contributed by atoms with Crippen molar-refractivity contribution in [2.24, 2.45) is 7.05 Å². The molecular formula is C15H16N2O2. The van der Waals surface area contributed by atoms with Crippen molar-refractivity contribution in [1.29, 1.82) is 0 Å². The molecule has 19 heavy (non-hydrogen) atoms. The lowest BCUT2D eigenvalue weighted by Crippen LogP contribution is -1.93. The predicted molar refractivity (Wildman–Crippen MR) is 74.2 cm³/mol. The Morgan fingerprint density at radius 2 is 2.32 bits per heavy atom. The lowest BCUT2D eigenvalue weighted by Gasteiger charge is -2.02. The first kappa shape index (κ1) is 13.1. The predicted octanol–water partition coefficient (Wildman–Crippen LogP) is 2.71. The van der Waals surface area contributed by atoms with E-state index in [1.807, 2.05) is 31.2 Å². The number of nitrogens with zero attached hydrogens (tertiary/aromatic N) is 2. The van der Waals surface area contributed by atoms with E-state index in [2.05, 4.69) is 5.10 Å². The van der Waals surface area contributed by atoms with E-state index >= 15 is 0 Å². The molecule has 0 fully saturated rings. The minimum absolute atomic E-state index is 0.0603. The fourth-order valence-corrected chi connectivity index (χ4v) is 1.69. The molecule has 0 amide bonds. The standard InChI is InChI=1S/C15H16N2O2/c1-3-19-14-6-4-5-12(9-14)7-8-15(18)13-10-16-17(2)11-13/h4-11H,3H2,1-2H3/b8-7+. The molecule has 0 unspecified atom stereocenters. The molecule has 4 heteroatoms. The number of allylic oxidation sites excluding steroid dienone is 1. The quantitative estimate of drug-likeness (QED) is 0.610. The van der Waals surface area contributed by atoms with E-state index in [-0.39, 0.29) is 5.78 Å². The van der Waals surface area contributed by atoms with Crippen molar-refractivity contribution in [3.8, 4) is 5.75 Å². The molecule has 1 aromatic carbocycles. The fourth-order valence-electron chi connectivity index (χ4n) is 1.69. The van der Waals surface area contributed by atoms with Gasteiger partial charge in [0, 0.05) is 13.2 Å². The van der Waals surface area contributed by atoms with Crippen LogP contribution in [0.3, 0.4) is 0 Å². The zero-order valence-electron chi connectivity index (χ0n) is 11.0. The Morgan fingerprint density at radius 1 is 1.47 bits per heavy atom. The average Bonchev–Trinajstić information content (AvgIpc) is 2.84. The van der Waals surface area contributed by atoms with Gasteiger partial charge in [0.25, 0.3) is 0 Å². The summed E-state index contributed by atoms with van der Waals surface area (Å²) in [5, 5.41) is 3.97. The number of ether oxygens (including phenoxy) is 1. The molecule has 0 aliphatic rings. The van der Waals surface area contributed by atoms with Crippen LogP contribution in [0.2, 0.25) is 0 Å². The van der Waals surface area contributed by atoms with Gasteiger partial charge in [0.2, 0.25) is 0 Å². The van der Waals surface area contributed by atoms with Gasteiger partial charge in [0.1, 0.15) is 5.75 Å². The molecule has 4 nitrogen and oxygen atoms in total. The molecule has 2 rings (SSSR count). The number of carbonyl (C=O) groups excluding carboxylic acids is 1. The highest BCUT2D eigenvalue weighted by atomic mass is 16.5. The second-order valence-corrected chi connectivity index (χ2v) is 4.11. The molecule has 0 spiro atoms. The lowest BCUT2D eigenvalue weighted by molar-refractivity contribution is 0.104. The number of aromatic nitrogens is 2. The van der Waals surface area contributed by atoms with Gasteiger partial charge in [-0.25, -0.2) is 0 Å². The molecule has 0 N–H and O–H groups in total. The summed E-state index contributed by atoms with van der Waals surface area (Å²) in [5.41, 5.74) is 1.52. The van der Waals surface area contributed by atoms with Crippen LogP contribution in [0.25, 0.3) is 6.08 Å². The Labute approximate surface area is 112 Å². The highest BCUT2D eigenvalue weighted by molar-refractivity contribution is 6.06. The largest absolute Gasteiger partial charge is 0.494 e. The first-order chi connectivity index (χ1) is 9.19. The molecule has 1 aromatic heterocycles. The molecule has 0 aliphatic carbocycles. The van der Waals surface area contributed by atoms with Crippen molar-refractivity contribution in [1.82, 2.24) is 9.78 Å². The molecular weight excluding hydrogens is 240 g/mol. The Kier molecular flexibility index (Phi) is 4.13. The summed E-state index contributed by atoms with van der Waals surface area (Å²) in [7, 11) is 1.78. The van der Waals surface area contributed by atoms with Crippen LogP contribution in [0.5, 0.6) is 5.75 Å². The van der Waals surface area contributed by atoms with E-state index in [0.29, 0.717) is 12.2 Å². The van der Waals surface area contributed by atoms with E-state index < -0.39 is 0 Å². The van der Waals surface area contributed by atoms with Crippen LogP contribution in [0.1, 0.15) is 22.8 Å². The second kappa shape index (κ2) is 6.00. The zero-order chi connectivity index (χ0) is 13.7. The molecule has 98 valence electrons. The molecule has 0 atom stereocenters. The van der Waals surface area contributed by atoms with Crippen LogP contribution in [0, 0.1) is 0 Å². The number of rotatable bonds is 5. The van der Waals surface area contributed by atoms with Gasteiger partial charge in [0.15, 0.2) is 5.78 Å². The highest BCUT2D eigenvalue weighted by Gasteiger charge is 2.03. The van der Waals surface area contributed by atoms with Gasteiger partial charge in [-0.3, -0.25) is 9.48 Å². The number of benzene rings is 1. The summed E-state index contributed by atoms with van der Waals surface area (Å²) >= 11 is 0. The van der Waals surface area contributed by atoms with Crippen LogP contribution < -0.4 is 4.74 Å². The van der Waals surface area contributed by atoms with Crippen molar-refractivity contribution in [2.45, 2.75) is 6.92 Å². The topological polar surface area (TPSA) is 44.1 Å². The maximum absolute atomic E-state index is 11.9. The third kappa shape index (κ3) is 3.55. The number of hydrogen-bond acceptors (Lipinski definition) is 3. The number of hydrogen-bond donors (Lipinski definition) is 0. The Hall–Kier alpha value is -2.36. The van der Waals surface area contributed by atoms with E-state index in [0.717, 1.165) is 11.3 Å². The number of carbonyl (C=O) groups is 1. The second-order valence-electron chi connectivity index (χ2n) is 4.11. The SMILES string of the molecule is CCOc1cccc(/C=C/C(=O)c2cnn(C)c2)c1. The molecule has 0 bridgehead atoms. The monoisotopic (exact) mass is 256 g/mol. The third-order valence-electron chi connectivity index (χ3n) is 2.59. The smallest absolute Gasteiger partial charge is 0.189 e. The molecule has 1 heterocycles. The first-order valence-corrected chi connectivity index (χ1v) is 6.13. The zero-order valence-corrected chi connectivity index (χ0v) is 11.0. The van der Waals surface area contributed by atoms with E-state index in [1.54, 1.807) is 36.3 Å². The Bertz CT molecular complexity index is 600. The summed E-state index contributed by atoms with van der Waals surface area (Å²) in [6, 6.07) is 7.62. The maximum atomic E-state index is 11.9. The molecule has 2 aromatic rings. The minimum atomic E-state index is -0.0603. The fraction of sp³-hybridized carbons (Fsp3) is 0.200. The molecule has 0 radical (unpaired) electrons. The van der Waals surface area contributed by atoms with Crippen molar-refractivity contribution < 1.29 is 9.53 Å². The van der Waals surface area contributed by atoms with E-state index in [1.165, 1.54) is 0 Å². The van der Waals surface area contributed by atoms with Crippen LogP contribution >= 0.6 is 0 Å². The Morgan fingerprint density at radius 3 is 3.00 bits per heavy atom. The molecule has 0 saturated carbocycles. The van der Waals surface area contributed by atoms with E-state index in [4.69, 9.17) is 4.74 Å². The van der Waals surface area contributed by atoms with Crippen molar-refractivity contribution in [3.63, 3.8) is 0 Å². The average molecular weight is 256 g/mol. The van der Waals surface area contributed by atoms with Crippen molar-refractivity contribution in [2.75, 3.05) is 6.61 Å². The lowest BCUT2D eigenvalue weighted by atomic mass is 10.1. The highest BCUT2D eigenvalue weighted by Crippen LogP contribution is 2.14. The van der Waals surface area contributed by atoms with Gasteiger partial charge < -0.3 is 4.74 Å². The van der Waals surface area contributed by atoms with Gasteiger partial charge in [-0.2, -0.15) is 5.10 Å². The summed E-state index contributed by atoms with van der Waals surface area (Å²) in [5.74, 6) is 0.744. The van der Waals surface area contributed by atoms with Crippen molar-refractivity contribution >= 4 is 11.9 Å². The Balaban J connectivity index is 2.09. The van der Waals surface area contributed by atoms with Gasteiger partial charge in [-0.05, 0) is 30.7 Å². The van der Waals surface area contributed by atoms with Crippen LogP contribution in [-0.2, 0) is 7.05 Å². The minimum Gasteiger partial charge on any atom is -0.494 e. The van der Waals surface area contributed by atoms with Gasteiger partial charge in [-0.1, -0.05) is 18.2 Å². The number of ketones is 1. The number of aryl methyl sites for hydroxylation is 1. The summed E-state index contributed by atoms with van der Waals surface area (Å²) < 4.78 is 7.02. The summed E-state index contributed by atoms with van der Waals surface area (Å²) in [6.07, 6.45) is 6.58. The van der Waals surface area contributed by atoms with Gasteiger partial charge in [-0.15, -0.1) is 0 Å². The first-order valence-electron chi connectivity index (χ1n) is 6.13. The van der Waals surface area contributed by atoms with Gasteiger partial charge >= 0.3 is 0 Å². The molecule has 0 saturated heterocycles. The maximum Gasteiger partial charge on any atom is 0.189 e. The third-order valence-corrected chi connectivity index (χ3v) is 2.59. The van der Waals surface area contributed by atoms with E-state index in [9.17, 15) is 4.79 Å². The summed E-state index contributed by atoms with van der Waals surface area (Å²) in [4.78, 5) is 11.9.